The quantitative estimate of drug-likeness (QED) is 0.711. The Kier molecular flexibility index (Phi) is 3.43. The number of aryl methyl sites for hydroxylation is 2. The summed E-state index contributed by atoms with van der Waals surface area (Å²) in [4.78, 5) is 0. The Balaban J connectivity index is 2.48. The fourth-order valence-corrected chi connectivity index (χ4v) is 2.18. The summed E-state index contributed by atoms with van der Waals surface area (Å²) in [6.07, 6.45) is 1.04. The molecule has 0 bridgehead atoms. The van der Waals surface area contributed by atoms with Crippen molar-refractivity contribution in [2.75, 3.05) is 0 Å². The van der Waals surface area contributed by atoms with Crippen molar-refractivity contribution in [2.45, 2.75) is 20.3 Å². The molecule has 0 aliphatic carbocycles. The zero-order valence-electron chi connectivity index (χ0n) is 10.5. The lowest BCUT2D eigenvalue weighted by Gasteiger charge is -2.13. The maximum absolute atomic E-state index is 4.26. The van der Waals surface area contributed by atoms with Crippen molar-refractivity contribution < 1.29 is 0 Å². The van der Waals surface area contributed by atoms with Crippen LogP contribution in [0.25, 0.3) is 5.57 Å². The minimum Gasteiger partial charge on any atom is -0.0905 e. The first-order valence-corrected chi connectivity index (χ1v) is 6.07. The average molecular weight is 222 g/mol. The molecule has 0 aliphatic rings. The maximum Gasteiger partial charge on any atom is -0.0152 e. The molecule has 2 rings (SSSR count). The van der Waals surface area contributed by atoms with Crippen molar-refractivity contribution in [3.8, 4) is 0 Å². The van der Waals surface area contributed by atoms with Crippen LogP contribution in [0.4, 0.5) is 0 Å². The molecule has 0 heteroatoms. The van der Waals surface area contributed by atoms with Crippen molar-refractivity contribution in [3.63, 3.8) is 0 Å². The molecule has 0 fully saturated rings. The molecule has 17 heavy (non-hydrogen) atoms. The van der Waals surface area contributed by atoms with E-state index >= 15 is 0 Å². The van der Waals surface area contributed by atoms with E-state index < -0.39 is 0 Å². The van der Waals surface area contributed by atoms with Crippen molar-refractivity contribution in [1.82, 2.24) is 0 Å². The summed E-state index contributed by atoms with van der Waals surface area (Å²) in [6.45, 7) is 8.58. The van der Waals surface area contributed by atoms with Crippen LogP contribution in [0.2, 0.25) is 0 Å². The zero-order valence-corrected chi connectivity index (χ0v) is 10.5. The van der Waals surface area contributed by atoms with Crippen molar-refractivity contribution in [3.05, 3.63) is 77.4 Å². The zero-order chi connectivity index (χ0) is 12.3. The maximum atomic E-state index is 4.26. The molecule has 0 heterocycles. The van der Waals surface area contributed by atoms with Crippen LogP contribution in [0, 0.1) is 6.92 Å². The standard InChI is InChI=1S/C17H18/c1-4-15-10-6-8-12-17(15)14(3)16-11-7-5-9-13(16)2/h5-12H,3-4H2,1-2H3. The van der Waals surface area contributed by atoms with E-state index in [1.165, 1.54) is 22.3 Å². The molecule has 0 saturated heterocycles. The second-order valence-corrected chi connectivity index (χ2v) is 4.30. The second-order valence-electron chi connectivity index (χ2n) is 4.30. The second kappa shape index (κ2) is 5.01. The van der Waals surface area contributed by atoms with E-state index in [2.05, 4.69) is 69.0 Å². The van der Waals surface area contributed by atoms with Gasteiger partial charge in [0.05, 0.1) is 0 Å². The minimum absolute atomic E-state index is 1.04. The summed E-state index contributed by atoms with van der Waals surface area (Å²) in [5.41, 5.74) is 6.28. The molecule has 0 aliphatic heterocycles. The lowest BCUT2D eigenvalue weighted by atomic mass is 9.92. The molecule has 0 aromatic heterocycles. The van der Waals surface area contributed by atoms with Crippen LogP contribution in [0.1, 0.15) is 29.2 Å². The first kappa shape index (κ1) is 11.7. The highest BCUT2D eigenvalue weighted by Gasteiger charge is 2.07. The van der Waals surface area contributed by atoms with Crippen LogP contribution in [0.5, 0.6) is 0 Å². The van der Waals surface area contributed by atoms with Gasteiger partial charge in [-0.2, -0.15) is 0 Å². The van der Waals surface area contributed by atoms with E-state index in [1.807, 2.05) is 0 Å². The van der Waals surface area contributed by atoms with Gasteiger partial charge in [-0.3, -0.25) is 0 Å². The third-order valence-electron chi connectivity index (χ3n) is 3.19. The van der Waals surface area contributed by atoms with E-state index in [9.17, 15) is 0 Å². The van der Waals surface area contributed by atoms with Gasteiger partial charge in [0.1, 0.15) is 0 Å². The van der Waals surface area contributed by atoms with Gasteiger partial charge in [-0.05, 0) is 41.2 Å². The first-order chi connectivity index (χ1) is 8.24. The van der Waals surface area contributed by atoms with E-state index in [0.29, 0.717) is 0 Å². The fraction of sp³-hybridized carbons (Fsp3) is 0.176. The summed E-state index contributed by atoms with van der Waals surface area (Å²) >= 11 is 0. The molecule has 86 valence electrons. The number of rotatable bonds is 3. The fourth-order valence-electron chi connectivity index (χ4n) is 2.18. The van der Waals surface area contributed by atoms with E-state index in [0.717, 1.165) is 12.0 Å². The third kappa shape index (κ3) is 2.31. The molecule has 0 saturated carbocycles. The summed E-state index contributed by atoms with van der Waals surface area (Å²) in [7, 11) is 0. The Morgan fingerprint density at radius 2 is 1.53 bits per heavy atom. The lowest BCUT2D eigenvalue weighted by Crippen LogP contribution is -1.94. The molecule has 0 N–H and O–H groups in total. The van der Waals surface area contributed by atoms with Crippen LogP contribution in [0.15, 0.2) is 55.1 Å². The molecular formula is C17H18. The van der Waals surface area contributed by atoms with Crippen LogP contribution in [-0.2, 0) is 6.42 Å². The molecule has 0 atom stereocenters. The largest absolute Gasteiger partial charge is 0.0905 e. The van der Waals surface area contributed by atoms with Crippen molar-refractivity contribution in [2.24, 2.45) is 0 Å². The Morgan fingerprint density at radius 1 is 0.941 bits per heavy atom. The molecule has 0 nitrogen and oxygen atoms in total. The first-order valence-electron chi connectivity index (χ1n) is 6.07. The van der Waals surface area contributed by atoms with Gasteiger partial charge in [-0.25, -0.2) is 0 Å². The Bertz CT molecular complexity index is 535. The van der Waals surface area contributed by atoms with Crippen LogP contribution in [-0.4, -0.2) is 0 Å². The summed E-state index contributed by atoms with van der Waals surface area (Å²) in [5.74, 6) is 0. The van der Waals surface area contributed by atoms with Gasteiger partial charge < -0.3 is 0 Å². The minimum atomic E-state index is 1.04. The van der Waals surface area contributed by atoms with Gasteiger partial charge in [0.2, 0.25) is 0 Å². The summed E-state index contributed by atoms with van der Waals surface area (Å²) < 4.78 is 0. The summed E-state index contributed by atoms with van der Waals surface area (Å²) in [5, 5.41) is 0. The molecule has 2 aromatic carbocycles. The third-order valence-corrected chi connectivity index (χ3v) is 3.19. The number of hydrogen-bond donors (Lipinski definition) is 0. The van der Waals surface area contributed by atoms with E-state index in [1.54, 1.807) is 0 Å². The smallest absolute Gasteiger partial charge is 0.0152 e. The Morgan fingerprint density at radius 3 is 2.18 bits per heavy atom. The summed E-state index contributed by atoms with van der Waals surface area (Å²) in [6, 6.07) is 16.9. The highest BCUT2D eigenvalue weighted by Crippen LogP contribution is 2.27. The molecule has 0 radical (unpaired) electrons. The average Bonchev–Trinajstić information content (AvgIpc) is 2.38. The lowest BCUT2D eigenvalue weighted by molar-refractivity contribution is 1.13. The SMILES string of the molecule is C=C(c1ccccc1C)c1ccccc1CC. The molecule has 0 unspecified atom stereocenters. The predicted octanol–water partition coefficient (Wildman–Crippen LogP) is 4.62. The molecular weight excluding hydrogens is 204 g/mol. The number of benzene rings is 2. The van der Waals surface area contributed by atoms with E-state index in [4.69, 9.17) is 0 Å². The van der Waals surface area contributed by atoms with Crippen LogP contribution < -0.4 is 0 Å². The Labute approximate surface area is 104 Å². The topological polar surface area (TPSA) is 0 Å². The van der Waals surface area contributed by atoms with Crippen LogP contribution in [0.3, 0.4) is 0 Å². The van der Waals surface area contributed by atoms with Gasteiger partial charge >= 0.3 is 0 Å². The monoisotopic (exact) mass is 222 g/mol. The highest BCUT2D eigenvalue weighted by atomic mass is 14.1. The Hall–Kier alpha value is -1.82. The van der Waals surface area contributed by atoms with Gasteiger partial charge in [0.15, 0.2) is 0 Å². The number of hydrogen-bond acceptors (Lipinski definition) is 0. The predicted molar refractivity (Wildman–Crippen MR) is 75.1 cm³/mol. The van der Waals surface area contributed by atoms with Gasteiger partial charge in [0.25, 0.3) is 0 Å². The van der Waals surface area contributed by atoms with Crippen LogP contribution >= 0.6 is 0 Å². The van der Waals surface area contributed by atoms with Gasteiger partial charge in [-0.15, -0.1) is 0 Å². The normalized spacial score (nSPS) is 10.2. The van der Waals surface area contributed by atoms with Gasteiger partial charge in [0, 0.05) is 0 Å². The molecule has 2 aromatic rings. The molecule has 0 amide bonds. The molecule has 0 spiro atoms. The highest BCUT2D eigenvalue weighted by molar-refractivity contribution is 5.81. The van der Waals surface area contributed by atoms with E-state index in [-0.39, 0.29) is 0 Å². The van der Waals surface area contributed by atoms with Crippen molar-refractivity contribution in [1.29, 1.82) is 0 Å². The van der Waals surface area contributed by atoms with Gasteiger partial charge in [-0.1, -0.05) is 62.0 Å². The van der Waals surface area contributed by atoms with Crippen molar-refractivity contribution >= 4 is 5.57 Å².